The molecule has 0 bridgehead atoms. The van der Waals surface area contributed by atoms with Crippen LogP contribution in [0.3, 0.4) is 0 Å². The molecule has 1 saturated carbocycles. The van der Waals surface area contributed by atoms with Gasteiger partial charge in [-0.1, -0.05) is 67.4 Å². The summed E-state index contributed by atoms with van der Waals surface area (Å²) < 4.78 is 11.1. The summed E-state index contributed by atoms with van der Waals surface area (Å²) in [6, 6.07) is 11.8. The first-order valence-corrected chi connectivity index (χ1v) is 15.8. The average Bonchev–Trinajstić information content (AvgIpc) is 3.22. The summed E-state index contributed by atoms with van der Waals surface area (Å²) in [5, 5.41) is 16.9. The second kappa shape index (κ2) is 16.7. The molecule has 1 aliphatic carbocycles. The molecule has 2 aliphatic rings. The first-order chi connectivity index (χ1) is 20.8. The molecule has 1 aliphatic heterocycles. The lowest BCUT2D eigenvalue weighted by molar-refractivity contribution is -0.133. The minimum absolute atomic E-state index is 0.0638. The summed E-state index contributed by atoms with van der Waals surface area (Å²) in [4.78, 5) is 40.7. The second-order valence-electron chi connectivity index (χ2n) is 11.4. The molecule has 0 aromatic heterocycles. The van der Waals surface area contributed by atoms with Crippen LogP contribution in [0.1, 0.15) is 62.5 Å². The van der Waals surface area contributed by atoms with Gasteiger partial charge in [0.15, 0.2) is 0 Å². The predicted molar refractivity (Wildman–Crippen MR) is 165 cm³/mol. The Morgan fingerprint density at radius 3 is 2.63 bits per heavy atom. The van der Waals surface area contributed by atoms with Gasteiger partial charge in [0, 0.05) is 35.1 Å². The molecule has 43 heavy (non-hydrogen) atoms. The van der Waals surface area contributed by atoms with Crippen LogP contribution in [0.4, 0.5) is 4.79 Å². The normalized spacial score (nSPS) is 16.7. The van der Waals surface area contributed by atoms with Crippen LogP contribution >= 0.6 is 23.2 Å². The number of benzene rings is 2. The topological polar surface area (TPSA) is 117 Å². The lowest BCUT2D eigenvalue weighted by Crippen LogP contribution is -2.45. The molecule has 0 saturated heterocycles. The van der Waals surface area contributed by atoms with Crippen molar-refractivity contribution in [3.05, 3.63) is 63.6 Å². The zero-order chi connectivity index (χ0) is 30.6. The van der Waals surface area contributed by atoms with E-state index in [0.29, 0.717) is 47.8 Å². The van der Waals surface area contributed by atoms with Crippen LogP contribution in [-0.2, 0) is 27.5 Å². The molecular formula is C32H41Cl2N3O6. The van der Waals surface area contributed by atoms with E-state index in [1.807, 2.05) is 6.07 Å². The van der Waals surface area contributed by atoms with E-state index in [4.69, 9.17) is 32.7 Å². The largest absolute Gasteiger partial charge is 0.491 e. The van der Waals surface area contributed by atoms with Gasteiger partial charge in [0.1, 0.15) is 19.0 Å². The summed E-state index contributed by atoms with van der Waals surface area (Å²) in [7, 11) is 0. The number of nitrogens with zero attached hydrogens (tertiary/aromatic N) is 1. The van der Waals surface area contributed by atoms with Crippen molar-refractivity contribution in [1.82, 2.24) is 15.5 Å². The third-order valence-corrected chi connectivity index (χ3v) is 8.56. The summed E-state index contributed by atoms with van der Waals surface area (Å²) in [6.45, 7) is 1.07. The summed E-state index contributed by atoms with van der Waals surface area (Å²) >= 11 is 12.1. The maximum Gasteiger partial charge on any atom is 0.407 e. The minimum atomic E-state index is -0.616. The highest BCUT2D eigenvalue weighted by Gasteiger charge is 2.28. The van der Waals surface area contributed by atoms with Crippen LogP contribution in [0.5, 0.6) is 5.75 Å². The summed E-state index contributed by atoms with van der Waals surface area (Å²) in [5.74, 6) is 0.275. The molecule has 1 heterocycles. The number of rotatable bonds is 12. The molecule has 11 heteroatoms. The molecule has 234 valence electrons. The molecule has 2 aromatic carbocycles. The fourth-order valence-electron chi connectivity index (χ4n) is 5.70. The van der Waals surface area contributed by atoms with Gasteiger partial charge in [-0.2, -0.15) is 0 Å². The van der Waals surface area contributed by atoms with E-state index in [1.165, 1.54) is 6.42 Å². The zero-order valence-corrected chi connectivity index (χ0v) is 25.9. The number of ether oxygens (including phenoxy) is 2. The van der Waals surface area contributed by atoms with Crippen molar-refractivity contribution >= 4 is 41.1 Å². The standard InChI is InChI=1S/C32H41Cl2N3O6/c33-26-8-4-7-23(16-26)21-43-32(41)35-18-24(15-22-5-2-1-3-6-22)31(40)36-28(20-38)10-12-30(39)37-13-14-42-29-11-9-27(34)17-25(29)19-37/h4,7-9,11,16-17,22,24,28,38H,1-3,5-6,10,12-15,18-21H2,(H,35,41)(H,36,40)/t24-,28+/m1/s1. The SMILES string of the molecule is O=C(NC[C@@H](CC1CCCCC1)C(=O)N[C@H](CO)CCC(=O)N1CCOc2ccc(Cl)cc2C1)OCc1cccc(Cl)c1. The van der Waals surface area contributed by atoms with E-state index in [1.54, 1.807) is 41.3 Å². The molecule has 0 spiro atoms. The molecule has 4 rings (SSSR count). The van der Waals surface area contributed by atoms with Gasteiger partial charge >= 0.3 is 6.09 Å². The number of halogens is 2. The number of amides is 3. The molecule has 3 amide bonds. The van der Waals surface area contributed by atoms with Crippen molar-refractivity contribution in [2.24, 2.45) is 11.8 Å². The molecule has 0 unspecified atom stereocenters. The smallest absolute Gasteiger partial charge is 0.407 e. The molecule has 2 aromatic rings. The molecule has 2 atom stereocenters. The van der Waals surface area contributed by atoms with Gasteiger partial charge in [0.2, 0.25) is 11.8 Å². The van der Waals surface area contributed by atoms with Crippen molar-refractivity contribution < 1.29 is 29.0 Å². The van der Waals surface area contributed by atoms with Crippen LogP contribution in [0.2, 0.25) is 10.0 Å². The third-order valence-electron chi connectivity index (χ3n) is 8.09. The Labute approximate surface area is 263 Å². The quantitative estimate of drug-likeness (QED) is 0.285. The van der Waals surface area contributed by atoms with E-state index in [-0.39, 0.29) is 44.4 Å². The Hall–Kier alpha value is -3.01. The first kappa shape index (κ1) is 32.9. The van der Waals surface area contributed by atoms with Gasteiger partial charge in [0.05, 0.1) is 25.1 Å². The molecular weight excluding hydrogens is 593 g/mol. The summed E-state index contributed by atoms with van der Waals surface area (Å²) in [6.07, 6.45) is 6.02. The number of fused-ring (bicyclic) bond motifs is 1. The Morgan fingerprint density at radius 2 is 1.86 bits per heavy atom. The fourth-order valence-corrected chi connectivity index (χ4v) is 6.11. The predicted octanol–water partition coefficient (Wildman–Crippen LogP) is 5.48. The second-order valence-corrected chi connectivity index (χ2v) is 12.2. The van der Waals surface area contributed by atoms with E-state index in [9.17, 15) is 19.5 Å². The maximum atomic E-state index is 13.4. The van der Waals surface area contributed by atoms with Crippen molar-refractivity contribution in [2.45, 2.75) is 70.6 Å². The monoisotopic (exact) mass is 633 g/mol. The summed E-state index contributed by atoms with van der Waals surface area (Å²) in [5.41, 5.74) is 1.61. The highest BCUT2D eigenvalue weighted by Crippen LogP contribution is 2.30. The Kier molecular flexibility index (Phi) is 12.8. The van der Waals surface area contributed by atoms with Crippen LogP contribution in [0.25, 0.3) is 0 Å². The Bertz CT molecular complexity index is 1240. The molecule has 9 nitrogen and oxygen atoms in total. The van der Waals surface area contributed by atoms with Crippen LogP contribution in [-0.4, -0.2) is 60.3 Å². The Morgan fingerprint density at radius 1 is 1.07 bits per heavy atom. The van der Waals surface area contributed by atoms with Crippen molar-refractivity contribution in [3.63, 3.8) is 0 Å². The molecule has 1 fully saturated rings. The number of carbonyl (C=O) groups is 3. The highest BCUT2D eigenvalue weighted by atomic mass is 35.5. The van der Waals surface area contributed by atoms with Crippen molar-refractivity contribution in [1.29, 1.82) is 0 Å². The number of alkyl carbamates (subject to hydrolysis) is 1. The highest BCUT2D eigenvalue weighted by molar-refractivity contribution is 6.30. The van der Waals surface area contributed by atoms with Gasteiger partial charge in [-0.25, -0.2) is 4.79 Å². The van der Waals surface area contributed by atoms with Gasteiger partial charge in [-0.3, -0.25) is 9.59 Å². The average molecular weight is 635 g/mol. The maximum absolute atomic E-state index is 13.4. The Balaban J connectivity index is 1.29. The van der Waals surface area contributed by atoms with Crippen LogP contribution in [0.15, 0.2) is 42.5 Å². The third kappa shape index (κ3) is 10.6. The van der Waals surface area contributed by atoms with Gasteiger partial charge in [-0.05, 0) is 54.7 Å². The zero-order valence-electron chi connectivity index (χ0n) is 24.4. The van der Waals surface area contributed by atoms with Gasteiger partial charge in [-0.15, -0.1) is 0 Å². The number of hydrogen-bond acceptors (Lipinski definition) is 6. The number of aliphatic hydroxyl groups is 1. The first-order valence-electron chi connectivity index (χ1n) is 15.1. The lowest BCUT2D eigenvalue weighted by atomic mass is 9.82. The van der Waals surface area contributed by atoms with E-state index in [0.717, 1.165) is 36.8 Å². The van der Waals surface area contributed by atoms with Gasteiger partial charge in [0.25, 0.3) is 0 Å². The lowest BCUT2D eigenvalue weighted by Gasteiger charge is -2.28. The van der Waals surface area contributed by atoms with Crippen molar-refractivity contribution in [2.75, 3.05) is 26.3 Å². The van der Waals surface area contributed by atoms with E-state index >= 15 is 0 Å². The van der Waals surface area contributed by atoms with Crippen LogP contribution in [0, 0.1) is 11.8 Å². The van der Waals surface area contributed by atoms with E-state index in [2.05, 4.69) is 10.6 Å². The molecule has 0 radical (unpaired) electrons. The van der Waals surface area contributed by atoms with Crippen LogP contribution < -0.4 is 15.4 Å². The molecule has 3 N–H and O–H groups in total. The number of hydrogen-bond donors (Lipinski definition) is 3. The fraction of sp³-hybridized carbons (Fsp3) is 0.531. The van der Waals surface area contributed by atoms with E-state index < -0.39 is 18.1 Å². The number of carbonyl (C=O) groups excluding carboxylic acids is 3. The number of aliphatic hydroxyl groups excluding tert-OH is 1. The number of nitrogens with one attached hydrogen (secondary N) is 2. The minimum Gasteiger partial charge on any atom is -0.491 e. The van der Waals surface area contributed by atoms with Crippen molar-refractivity contribution in [3.8, 4) is 5.75 Å². The van der Waals surface area contributed by atoms with Gasteiger partial charge < -0.3 is 30.1 Å².